The Hall–Kier alpha value is -0.0800. The van der Waals surface area contributed by atoms with Gasteiger partial charge in [-0.1, -0.05) is 66.2 Å². The van der Waals surface area contributed by atoms with Crippen molar-refractivity contribution in [3.05, 3.63) is 0 Å². The van der Waals surface area contributed by atoms with Gasteiger partial charge in [-0.15, -0.1) is 0 Å². The Morgan fingerprint density at radius 1 is 0.960 bits per heavy atom. The molecule has 2 nitrogen and oxygen atoms in total. The molecule has 3 aliphatic rings. The molecule has 0 amide bonds. The van der Waals surface area contributed by atoms with E-state index < -0.39 is 0 Å². The minimum atomic E-state index is 0.738. The van der Waals surface area contributed by atoms with Gasteiger partial charge in [0.05, 0.1) is 6.73 Å². The van der Waals surface area contributed by atoms with Crippen molar-refractivity contribution in [2.45, 2.75) is 91.9 Å². The van der Waals surface area contributed by atoms with Crippen LogP contribution in [0.5, 0.6) is 0 Å². The van der Waals surface area contributed by atoms with Gasteiger partial charge >= 0.3 is 0 Å². The van der Waals surface area contributed by atoms with E-state index in [-0.39, 0.29) is 0 Å². The summed E-state index contributed by atoms with van der Waals surface area (Å²) in [5, 5.41) is 3.48. The van der Waals surface area contributed by atoms with Crippen LogP contribution in [0.2, 0.25) is 0 Å². The largest absolute Gasteiger partial charge is 0.366 e. The SMILES string of the molecule is CCC(CC)CNCOCCC1CCCC(C)CCC2CC(C1)C2C. The van der Waals surface area contributed by atoms with Crippen LogP contribution in [0.15, 0.2) is 0 Å². The van der Waals surface area contributed by atoms with E-state index >= 15 is 0 Å². The molecule has 0 radical (unpaired) electrons. The number of nitrogens with one attached hydrogen (secondary N) is 1. The van der Waals surface area contributed by atoms with Gasteiger partial charge in [-0.2, -0.15) is 0 Å². The Bertz CT molecular complexity index is 341. The highest BCUT2D eigenvalue weighted by atomic mass is 16.5. The summed E-state index contributed by atoms with van der Waals surface area (Å²) in [6, 6.07) is 0. The topological polar surface area (TPSA) is 21.3 Å². The normalized spacial score (nSPS) is 33.7. The summed E-state index contributed by atoms with van der Waals surface area (Å²) in [6.07, 6.45) is 14.1. The van der Waals surface area contributed by atoms with Gasteiger partial charge in [0.25, 0.3) is 0 Å². The van der Waals surface area contributed by atoms with Crippen LogP contribution in [-0.4, -0.2) is 19.9 Å². The fraction of sp³-hybridized carbons (Fsp3) is 1.00. The molecular formula is C23H45NO. The molecule has 1 N–H and O–H groups in total. The van der Waals surface area contributed by atoms with E-state index in [0.717, 1.165) is 55.4 Å². The van der Waals surface area contributed by atoms with Crippen molar-refractivity contribution in [2.75, 3.05) is 19.9 Å². The van der Waals surface area contributed by atoms with Crippen LogP contribution in [-0.2, 0) is 4.74 Å². The summed E-state index contributed by atoms with van der Waals surface area (Å²) in [7, 11) is 0. The van der Waals surface area contributed by atoms with Gasteiger partial charge in [0.1, 0.15) is 0 Å². The standard InChI is InChI=1S/C23H45NO/c1-5-20(6-2)16-24-17-25-13-12-21-9-7-8-18(3)10-11-22-15-23(14-21)19(22)4/h18-24H,5-17H2,1-4H3. The van der Waals surface area contributed by atoms with Crippen molar-refractivity contribution < 1.29 is 4.74 Å². The smallest absolute Gasteiger partial charge is 0.0965 e. The van der Waals surface area contributed by atoms with Gasteiger partial charge in [0.15, 0.2) is 0 Å². The zero-order chi connectivity index (χ0) is 18.1. The van der Waals surface area contributed by atoms with Crippen LogP contribution in [0.25, 0.3) is 0 Å². The highest BCUT2D eigenvalue weighted by Crippen LogP contribution is 2.48. The predicted octanol–water partition coefficient (Wildman–Crippen LogP) is 6.26. The first kappa shape index (κ1) is 21.2. The zero-order valence-electron chi connectivity index (χ0n) is 17.6. The molecule has 25 heavy (non-hydrogen) atoms. The molecule has 5 unspecified atom stereocenters. The maximum atomic E-state index is 5.91. The second-order valence-corrected chi connectivity index (χ2v) is 9.31. The van der Waals surface area contributed by atoms with E-state index in [4.69, 9.17) is 4.74 Å². The van der Waals surface area contributed by atoms with E-state index in [1.54, 1.807) is 0 Å². The first-order valence-electron chi connectivity index (χ1n) is 11.4. The van der Waals surface area contributed by atoms with Gasteiger partial charge in [-0.3, -0.25) is 5.32 Å². The van der Waals surface area contributed by atoms with E-state index in [9.17, 15) is 0 Å². The number of rotatable bonds is 9. The molecule has 3 aliphatic carbocycles. The van der Waals surface area contributed by atoms with E-state index in [1.165, 1.54) is 64.2 Å². The van der Waals surface area contributed by atoms with Crippen LogP contribution >= 0.6 is 0 Å². The number of hydrogen-bond acceptors (Lipinski definition) is 2. The number of hydrogen-bond donors (Lipinski definition) is 1. The van der Waals surface area contributed by atoms with Crippen molar-refractivity contribution >= 4 is 0 Å². The highest BCUT2D eigenvalue weighted by molar-refractivity contribution is 4.88. The highest BCUT2D eigenvalue weighted by Gasteiger charge is 2.38. The molecule has 5 atom stereocenters. The average Bonchev–Trinajstić information content (AvgIpc) is 2.67. The molecule has 0 aromatic carbocycles. The monoisotopic (exact) mass is 351 g/mol. The summed E-state index contributed by atoms with van der Waals surface area (Å²) < 4.78 is 5.91. The predicted molar refractivity (Wildman–Crippen MR) is 109 cm³/mol. The molecule has 0 heterocycles. The summed E-state index contributed by atoms with van der Waals surface area (Å²) in [5.41, 5.74) is 0. The molecule has 0 aromatic heterocycles. The quantitative estimate of drug-likeness (QED) is 0.391. The maximum Gasteiger partial charge on any atom is 0.0965 e. The van der Waals surface area contributed by atoms with E-state index in [1.807, 2.05) is 0 Å². The van der Waals surface area contributed by atoms with Crippen molar-refractivity contribution in [3.63, 3.8) is 0 Å². The van der Waals surface area contributed by atoms with Crippen molar-refractivity contribution in [3.8, 4) is 0 Å². The van der Waals surface area contributed by atoms with Crippen LogP contribution in [0.1, 0.15) is 91.9 Å². The molecule has 2 heteroatoms. The Morgan fingerprint density at radius 3 is 2.48 bits per heavy atom. The third-order valence-corrected chi connectivity index (χ3v) is 7.53. The van der Waals surface area contributed by atoms with E-state index in [0.29, 0.717) is 0 Å². The molecule has 3 fully saturated rings. The van der Waals surface area contributed by atoms with Crippen LogP contribution < -0.4 is 5.32 Å². The molecule has 148 valence electrons. The lowest BCUT2D eigenvalue weighted by Crippen LogP contribution is -2.36. The summed E-state index contributed by atoms with van der Waals surface area (Å²) in [4.78, 5) is 0. The fourth-order valence-corrected chi connectivity index (χ4v) is 5.14. The molecule has 0 spiro atoms. The number of ether oxygens (including phenoxy) is 1. The lowest BCUT2D eigenvalue weighted by Gasteiger charge is -2.44. The van der Waals surface area contributed by atoms with Crippen LogP contribution in [0.4, 0.5) is 0 Å². The molecular weight excluding hydrogens is 306 g/mol. The van der Waals surface area contributed by atoms with Crippen molar-refractivity contribution in [1.29, 1.82) is 0 Å². The van der Waals surface area contributed by atoms with Gasteiger partial charge in [0.2, 0.25) is 0 Å². The first-order valence-corrected chi connectivity index (χ1v) is 11.4. The molecule has 3 saturated carbocycles. The van der Waals surface area contributed by atoms with E-state index in [2.05, 4.69) is 33.0 Å². The molecule has 2 bridgehead atoms. The van der Waals surface area contributed by atoms with Crippen molar-refractivity contribution in [1.82, 2.24) is 5.32 Å². The lowest BCUT2D eigenvalue weighted by molar-refractivity contribution is 0.0448. The fourth-order valence-electron chi connectivity index (χ4n) is 5.14. The maximum absolute atomic E-state index is 5.91. The minimum Gasteiger partial charge on any atom is -0.366 e. The third kappa shape index (κ3) is 7.21. The second-order valence-electron chi connectivity index (χ2n) is 9.31. The molecule has 0 aromatic rings. The molecule has 0 saturated heterocycles. The minimum absolute atomic E-state index is 0.738. The first-order chi connectivity index (χ1) is 12.1. The van der Waals surface area contributed by atoms with Gasteiger partial charge in [0, 0.05) is 13.2 Å². The Kier molecular flexibility index (Phi) is 9.84. The zero-order valence-corrected chi connectivity index (χ0v) is 17.6. The Labute approximate surface area is 157 Å². The van der Waals surface area contributed by atoms with Gasteiger partial charge < -0.3 is 4.74 Å². The average molecular weight is 352 g/mol. The third-order valence-electron chi connectivity index (χ3n) is 7.53. The second kappa shape index (κ2) is 11.6. The summed E-state index contributed by atoms with van der Waals surface area (Å²) in [5.74, 6) is 5.68. The van der Waals surface area contributed by atoms with Crippen LogP contribution in [0.3, 0.4) is 0 Å². The molecule has 3 rings (SSSR count). The van der Waals surface area contributed by atoms with Gasteiger partial charge in [-0.05, 0) is 61.2 Å². The summed E-state index contributed by atoms with van der Waals surface area (Å²) >= 11 is 0. The number of fused-ring (bicyclic) bond motifs is 7. The Morgan fingerprint density at radius 2 is 1.76 bits per heavy atom. The Balaban J connectivity index is 1.65. The van der Waals surface area contributed by atoms with Crippen molar-refractivity contribution in [2.24, 2.45) is 35.5 Å². The van der Waals surface area contributed by atoms with Gasteiger partial charge in [-0.25, -0.2) is 0 Å². The molecule has 0 aliphatic heterocycles. The summed E-state index contributed by atoms with van der Waals surface area (Å²) in [6.45, 7) is 12.4. The van der Waals surface area contributed by atoms with Crippen LogP contribution in [0, 0.1) is 35.5 Å². The lowest BCUT2D eigenvalue weighted by atomic mass is 9.61.